The Labute approximate surface area is 185 Å². The van der Waals surface area contributed by atoms with E-state index in [0.717, 1.165) is 36.4 Å². The molecule has 2 aliphatic carbocycles. The Morgan fingerprint density at radius 3 is 2.48 bits per heavy atom. The highest BCUT2D eigenvalue weighted by atomic mass is 16.3. The number of aromatic nitrogens is 1. The molecule has 0 unspecified atom stereocenters. The van der Waals surface area contributed by atoms with E-state index in [-0.39, 0.29) is 23.4 Å². The average molecular weight is 423 g/mol. The number of nitrogens with zero attached hydrogens (tertiary/aromatic N) is 1. The highest BCUT2D eigenvalue weighted by Crippen LogP contribution is 2.32. The van der Waals surface area contributed by atoms with Gasteiger partial charge in [-0.3, -0.25) is 14.6 Å². The molecule has 0 aliphatic heterocycles. The molecule has 2 aromatic rings. The van der Waals surface area contributed by atoms with Crippen LogP contribution in [0.5, 0.6) is 5.75 Å². The summed E-state index contributed by atoms with van der Waals surface area (Å²) in [6.45, 7) is 7.77. The van der Waals surface area contributed by atoms with E-state index >= 15 is 0 Å². The summed E-state index contributed by atoms with van der Waals surface area (Å²) in [5.74, 6) is 0.654. The van der Waals surface area contributed by atoms with Gasteiger partial charge in [0, 0.05) is 34.5 Å². The lowest BCUT2D eigenvalue weighted by atomic mass is 9.92. The smallest absolute Gasteiger partial charge is 0.256 e. The van der Waals surface area contributed by atoms with E-state index < -0.39 is 0 Å². The van der Waals surface area contributed by atoms with Crippen LogP contribution in [-0.2, 0) is 19.3 Å². The number of carbonyl (C=O) groups is 2. The van der Waals surface area contributed by atoms with E-state index in [1.165, 1.54) is 25.3 Å². The fourth-order valence-corrected chi connectivity index (χ4v) is 4.06. The van der Waals surface area contributed by atoms with Crippen molar-refractivity contribution in [3.8, 4) is 5.75 Å². The van der Waals surface area contributed by atoms with Crippen LogP contribution in [0.25, 0.3) is 0 Å². The Bertz CT molecular complexity index is 961. The maximum Gasteiger partial charge on any atom is 0.256 e. The summed E-state index contributed by atoms with van der Waals surface area (Å²) in [5, 5.41) is 13.0. The molecule has 2 aliphatic rings. The van der Waals surface area contributed by atoms with Crippen LogP contribution in [0.15, 0.2) is 24.4 Å². The first-order valence-corrected chi connectivity index (χ1v) is 11.5. The maximum absolute atomic E-state index is 12.9. The SMILES string of the molecule is CCC1CC1.CCc1c(O)ccc(NC(=O)c2ccnc3c2CCC3)c1C(=O)C(C)C. The van der Waals surface area contributed by atoms with Gasteiger partial charge in [0.05, 0.1) is 5.69 Å². The summed E-state index contributed by atoms with van der Waals surface area (Å²) in [6, 6.07) is 4.86. The molecule has 1 saturated carbocycles. The number of benzene rings is 1. The molecule has 2 N–H and O–H groups in total. The van der Waals surface area contributed by atoms with Gasteiger partial charge >= 0.3 is 0 Å². The van der Waals surface area contributed by atoms with Crippen LogP contribution in [-0.4, -0.2) is 21.8 Å². The molecule has 1 amide bonds. The maximum atomic E-state index is 12.9. The minimum atomic E-state index is -0.240. The van der Waals surface area contributed by atoms with Gasteiger partial charge in [-0.1, -0.05) is 47.0 Å². The molecule has 1 aromatic carbocycles. The molecule has 166 valence electrons. The lowest BCUT2D eigenvalue weighted by molar-refractivity contribution is 0.0939. The standard InChI is InChI=1S/C21H24N2O3.C5H10/c1-4-13-18(24)9-8-17(19(13)20(25)12(2)3)23-21(26)15-10-11-22-16-7-5-6-14(15)16;1-2-5-3-4-5/h8-12,24H,4-7H2,1-3H3,(H,23,26);5H,2-4H2,1H3. The van der Waals surface area contributed by atoms with Crippen LogP contribution < -0.4 is 5.32 Å². The normalized spacial score (nSPS) is 14.6. The van der Waals surface area contributed by atoms with Crippen molar-refractivity contribution >= 4 is 17.4 Å². The van der Waals surface area contributed by atoms with Crippen molar-refractivity contribution in [1.29, 1.82) is 0 Å². The molecule has 1 heterocycles. The van der Waals surface area contributed by atoms with Gasteiger partial charge in [-0.05, 0) is 55.4 Å². The summed E-state index contributed by atoms with van der Waals surface area (Å²) >= 11 is 0. The number of hydrogen-bond donors (Lipinski definition) is 2. The number of phenols is 1. The zero-order valence-electron chi connectivity index (χ0n) is 19.1. The number of pyridine rings is 1. The van der Waals surface area contributed by atoms with Crippen LogP contribution in [0.2, 0.25) is 0 Å². The summed E-state index contributed by atoms with van der Waals surface area (Å²) in [4.78, 5) is 30.0. The lowest BCUT2D eigenvalue weighted by Crippen LogP contribution is -2.19. The minimum Gasteiger partial charge on any atom is -0.508 e. The van der Waals surface area contributed by atoms with E-state index in [1.807, 2.05) is 20.8 Å². The fourth-order valence-electron chi connectivity index (χ4n) is 4.06. The summed E-state index contributed by atoms with van der Waals surface area (Å²) in [7, 11) is 0. The number of Topliss-reactive ketones (excluding diaryl/α,β-unsaturated/α-hetero) is 1. The van der Waals surface area contributed by atoms with E-state index in [4.69, 9.17) is 0 Å². The molecule has 0 radical (unpaired) electrons. The second kappa shape index (κ2) is 10.1. The first-order chi connectivity index (χ1) is 14.9. The van der Waals surface area contributed by atoms with Crippen molar-refractivity contribution in [3.63, 3.8) is 0 Å². The van der Waals surface area contributed by atoms with Gasteiger partial charge in [-0.2, -0.15) is 0 Å². The van der Waals surface area contributed by atoms with Crippen LogP contribution >= 0.6 is 0 Å². The molecule has 4 rings (SSSR count). The predicted molar refractivity (Wildman–Crippen MR) is 124 cm³/mol. The van der Waals surface area contributed by atoms with Crippen molar-refractivity contribution < 1.29 is 14.7 Å². The summed E-state index contributed by atoms with van der Waals surface area (Å²) in [5.41, 5.74) is 4.02. The quantitative estimate of drug-likeness (QED) is 0.460. The fraction of sp³-hybridized carbons (Fsp3) is 0.500. The average Bonchev–Trinajstić information content (AvgIpc) is 3.49. The third-order valence-corrected chi connectivity index (χ3v) is 6.16. The predicted octanol–water partition coefficient (Wildman–Crippen LogP) is 5.74. The Balaban J connectivity index is 0.000000478. The van der Waals surface area contributed by atoms with Gasteiger partial charge < -0.3 is 10.4 Å². The number of ketones is 1. The molecule has 5 nitrogen and oxygen atoms in total. The lowest BCUT2D eigenvalue weighted by Gasteiger charge is -2.17. The van der Waals surface area contributed by atoms with Crippen molar-refractivity contribution in [2.75, 3.05) is 5.32 Å². The molecule has 0 saturated heterocycles. The van der Waals surface area contributed by atoms with Crippen LogP contribution in [0.4, 0.5) is 5.69 Å². The monoisotopic (exact) mass is 422 g/mol. The zero-order valence-corrected chi connectivity index (χ0v) is 19.1. The number of nitrogens with one attached hydrogen (secondary N) is 1. The second-order valence-electron chi connectivity index (χ2n) is 8.80. The highest BCUT2D eigenvalue weighted by molar-refractivity contribution is 6.11. The number of carbonyl (C=O) groups excluding carboxylic acids is 2. The number of aryl methyl sites for hydroxylation is 1. The molecular weight excluding hydrogens is 388 g/mol. The molecule has 0 bridgehead atoms. The van der Waals surface area contributed by atoms with Gasteiger partial charge in [-0.15, -0.1) is 0 Å². The van der Waals surface area contributed by atoms with Crippen molar-refractivity contribution in [2.45, 2.75) is 72.6 Å². The molecular formula is C26H34N2O3. The minimum absolute atomic E-state index is 0.0827. The van der Waals surface area contributed by atoms with Crippen molar-refractivity contribution in [2.24, 2.45) is 11.8 Å². The number of hydrogen-bond acceptors (Lipinski definition) is 4. The molecule has 1 fully saturated rings. The van der Waals surface area contributed by atoms with Crippen LogP contribution in [0.3, 0.4) is 0 Å². The van der Waals surface area contributed by atoms with Gasteiger partial charge in [0.1, 0.15) is 5.75 Å². The first kappa shape index (κ1) is 23.0. The number of fused-ring (bicyclic) bond motifs is 1. The van der Waals surface area contributed by atoms with E-state index in [0.29, 0.717) is 28.8 Å². The molecule has 0 atom stereocenters. The third-order valence-electron chi connectivity index (χ3n) is 6.16. The van der Waals surface area contributed by atoms with E-state index in [2.05, 4.69) is 17.2 Å². The Hall–Kier alpha value is -2.69. The van der Waals surface area contributed by atoms with Crippen molar-refractivity contribution in [1.82, 2.24) is 4.98 Å². The Morgan fingerprint density at radius 2 is 1.90 bits per heavy atom. The Kier molecular flexibility index (Phi) is 7.47. The number of rotatable bonds is 6. The molecule has 31 heavy (non-hydrogen) atoms. The topological polar surface area (TPSA) is 79.3 Å². The summed E-state index contributed by atoms with van der Waals surface area (Å²) in [6.07, 6.45) is 9.35. The number of aromatic hydroxyl groups is 1. The van der Waals surface area contributed by atoms with Crippen LogP contribution in [0.1, 0.15) is 90.9 Å². The molecule has 1 aromatic heterocycles. The van der Waals surface area contributed by atoms with Gasteiger partial charge in [0.15, 0.2) is 5.78 Å². The number of phenolic OH excluding ortho intramolecular Hbond substituents is 1. The van der Waals surface area contributed by atoms with E-state index in [1.54, 1.807) is 18.3 Å². The van der Waals surface area contributed by atoms with Crippen molar-refractivity contribution in [3.05, 3.63) is 52.3 Å². The molecule has 0 spiro atoms. The highest BCUT2D eigenvalue weighted by Gasteiger charge is 2.24. The summed E-state index contributed by atoms with van der Waals surface area (Å²) < 4.78 is 0. The van der Waals surface area contributed by atoms with Gasteiger partial charge in [0.2, 0.25) is 0 Å². The third kappa shape index (κ3) is 5.33. The Morgan fingerprint density at radius 1 is 1.16 bits per heavy atom. The number of anilines is 1. The first-order valence-electron chi connectivity index (χ1n) is 11.5. The zero-order chi connectivity index (χ0) is 22.5. The van der Waals surface area contributed by atoms with Gasteiger partial charge in [0.25, 0.3) is 5.91 Å². The second-order valence-corrected chi connectivity index (χ2v) is 8.80. The molecule has 5 heteroatoms. The number of amides is 1. The largest absolute Gasteiger partial charge is 0.508 e. The van der Waals surface area contributed by atoms with Gasteiger partial charge in [-0.25, -0.2) is 0 Å². The van der Waals surface area contributed by atoms with Crippen LogP contribution in [0, 0.1) is 11.8 Å². The van der Waals surface area contributed by atoms with E-state index in [9.17, 15) is 14.7 Å².